The second kappa shape index (κ2) is 3.42. The molecule has 0 bridgehead atoms. The summed E-state index contributed by atoms with van der Waals surface area (Å²) in [6.45, 7) is 10.3. The normalized spacial score (nSPS) is 13.8. The Balaban J connectivity index is 4.30. The van der Waals surface area contributed by atoms with Gasteiger partial charge in [0.1, 0.15) is 0 Å². The van der Waals surface area contributed by atoms with Crippen LogP contribution in [0.15, 0.2) is 24.3 Å². The zero-order valence-electron chi connectivity index (χ0n) is 8.26. The van der Waals surface area contributed by atoms with Crippen molar-refractivity contribution in [2.24, 2.45) is 0 Å². The minimum absolute atomic E-state index is 0.588. The van der Waals surface area contributed by atoms with Gasteiger partial charge >= 0.3 is 0 Å². The molecule has 0 aliphatic carbocycles. The van der Waals surface area contributed by atoms with Gasteiger partial charge in [0.25, 0.3) is 0 Å². The maximum atomic E-state index is 9.45. The molecule has 0 aromatic rings. The molecule has 0 saturated carbocycles. The van der Waals surface area contributed by atoms with Crippen LogP contribution in [-0.4, -0.2) is 21.4 Å². The minimum Gasteiger partial charge on any atom is -0.386 e. The second-order valence-electron chi connectivity index (χ2n) is 4.07. The fourth-order valence-electron chi connectivity index (χ4n) is 0.508. The third-order valence-electron chi connectivity index (χ3n) is 1.48. The zero-order chi connectivity index (χ0) is 9.99. The van der Waals surface area contributed by atoms with Crippen molar-refractivity contribution < 1.29 is 10.2 Å². The molecule has 2 nitrogen and oxygen atoms in total. The molecule has 0 unspecified atom stereocenters. The predicted octanol–water partition coefficient (Wildman–Crippen LogP) is 1.64. The second-order valence-corrected chi connectivity index (χ2v) is 4.07. The first-order chi connectivity index (χ1) is 5.13. The van der Waals surface area contributed by atoms with E-state index in [0.29, 0.717) is 5.57 Å². The molecule has 0 atom stereocenters. The van der Waals surface area contributed by atoms with Gasteiger partial charge in [0.05, 0.1) is 11.2 Å². The molecule has 0 amide bonds. The Morgan fingerprint density at radius 3 is 1.83 bits per heavy atom. The Hall–Kier alpha value is -0.600. The summed E-state index contributed by atoms with van der Waals surface area (Å²) in [5.41, 5.74) is -1.18. The van der Waals surface area contributed by atoms with Gasteiger partial charge in [-0.05, 0) is 33.3 Å². The van der Waals surface area contributed by atoms with Gasteiger partial charge in [0.2, 0.25) is 0 Å². The summed E-state index contributed by atoms with van der Waals surface area (Å²) in [7, 11) is 0. The summed E-state index contributed by atoms with van der Waals surface area (Å²) in [4.78, 5) is 0. The molecule has 2 N–H and O–H groups in total. The van der Waals surface area contributed by atoms with Crippen LogP contribution in [0.25, 0.3) is 0 Å². The Morgan fingerprint density at radius 2 is 1.58 bits per heavy atom. The number of hydrogen-bond acceptors (Lipinski definition) is 2. The first-order valence-corrected chi connectivity index (χ1v) is 3.96. The SMILES string of the molecule is C=C(/C=C\C(C)(C)O)C(C)(C)O. The lowest BCUT2D eigenvalue weighted by molar-refractivity contribution is 0.121. The van der Waals surface area contributed by atoms with Gasteiger partial charge in [0, 0.05) is 0 Å². The molecule has 0 rings (SSSR count). The van der Waals surface area contributed by atoms with Crippen LogP contribution < -0.4 is 0 Å². The van der Waals surface area contributed by atoms with Crippen molar-refractivity contribution in [3.63, 3.8) is 0 Å². The van der Waals surface area contributed by atoms with E-state index in [1.807, 2.05) is 0 Å². The summed E-state index contributed by atoms with van der Waals surface area (Å²) < 4.78 is 0. The molecular formula is C10H18O2. The van der Waals surface area contributed by atoms with Crippen LogP contribution in [0, 0.1) is 0 Å². The predicted molar refractivity (Wildman–Crippen MR) is 50.9 cm³/mol. The van der Waals surface area contributed by atoms with Gasteiger partial charge in [-0.2, -0.15) is 0 Å². The number of hydrogen-bond donors (Lipinski definition) is 2. The van der Waals surface area contributed by atoms with E-state index >= 15 is 0 Å². The molecule has 0 aromatic carbocycles. The van der Waals surface area contributed by atoms with E-state index in [-0.39, 0.29) is 0 Å². The molecule has 0 aliphatic rings. The van der Waals surface area contributed by atoms with Crippen LogP contribution in [0.4, 0.5) is 0 Å². The maximum absolute atomic E-state index is 9.45. The lowest BCUT2D eigenvalue weighted by Gasteiger charge is -2.18. The van der Waals surface area contributed by atoms with Crippen molar-refractivity contribution >= 4 is 0 Å². The van der Waals surface area contributed by atoms with Gasteiger partial charge in [-0.25, -0.2) is 0 Å². The summed E-state index contributed by atoms with van der Waals surface area (Å²) in [6, 6.07) is 0. The van der Waals surface area contributed by atoms with E-state index in [1.165, 1.54) is 0 Å². The van der Waals surface area contributed by atoms with Crippen molar-refractivity contribution in [1.29, 1.82) is 0 Å². The van der Waals surface area contributed by atoms with E-state index in [1.54, 1.807) is 39.8 Å². The summed E-state index contributed by atoms with van der Waals surface area (Å²) >= 11 is 0. The third kappa shape index (κ3) is 5.10. The lowest BCUT2D eigenvalue weighted by Crippen LogP contribution is -2.21. The van der Waals surface area contributed by atoms with Crippen molar-refractivity contribution in [2.45, 2.75) is 38.9 Å². The molecule has 0 heterocycles. The van der Waals surface area contributed by atoms with Gasteiger partial charge < -0.3 is 10.2 Å². The van der Waals surface area contributed by atoms with Crippen LogP contribution in [0.1, 0.15) is 27.7 Å². The summed E-state index contributed by atoms with van der Waals surface area (Å²) in [6.07, 6.45) is 3.24. The van der Waals surface area contributed by atoms with Gasteiger partial charge in [-0.15, -0.1) is 0 Å². The van der Waals surface area contributed by atoms with Crippen LogP contribution in [0.3, 0.4) is 0 Å². The molecule has 0 saturated heterocycles. The third-order valence-corrected chi connectivity index (χ3v) is 1.48. The van der Waals surface area contributed by atoms with E-state index in [4.69, 9.17) is 0 Å². The smallest absolute Gasteiger partial charge is 0.0834 e. The van der Waals surface area contributed by atoms with Crippen LogP contribution in [0.5, 0.6) is 0 Å². The van der Waals surface area contributed by atoms with Crippen LogP contribution in [0.2, 0.25) is 0 Å². The Morgan fingerprint density at radius 1 is 1.17 bits per heavy atom. The van der Waals surface area contributed by atoms with Crippen LogP contribution in [-0.2, 0) is 0 Å². The average Bonchev–Trinajstić information content (AvgIpc) is 1.78. The van der Waals surface area contributed by atoms with Crippen molar-refractivity contribution in [3.8, 4) is 0 Å². The van der Waals surface area contributed by atoms with Crippen LogP contribution >= 0.6 is 0 Å². The highest BCUT2D eigenvalue weighted by atomic mass is 16.3. The van der Waals surface area contributed by atoms with Gasteiger partial charge in [-0.3, -0.25) is 0 Å². The van der Waals surface area contributed by atoms with E-state index in [2.05, 4.69) is 6.58 Å². The molecule has 2 heteroatoms. The lowest BCUT2D eigenvalue weighted by atomic mass is 9.97. The molecule has 0 spiro atoms. The number of aliphatic hydroxyl groups is 2. The minimum atomic E-state index is -0.915. The largest absolute Gasteiger partial charge is 0.386 e. The zero-order valence-corrected chi connectivity index (χ0v) is 8.26. The number of rotatable bonds is 3. The summed E-state index contributed by atoms with van der Waals surface area (Å²) in [5, 5.41) is 18.8. The molecule has 0 fully saturated rings. The highest BCUT2D eigenvalue weighted by molar-refractivity contribution is 5.24. The molecule has 12 heavy (non-hydrogen) atoms. The highest BCUT2D eigenvalue weighted by Crippen LogP contribution is 2.16. The monoisotopic (exact) mass is 170 g/mol. The van der Waals surface area contributed by atoms with Gasteiger partial charge in [0.15, 0.2) is 0 Å². The summed E-state index contributed by atoms with van der Waals surface area (Å²) in [5.74, 6) is 0. The Bertz CT molecular complexity index is 189. The molecular weight excluding hydrogens is 152 g/mol. The fraction of sp³-hybridized carbons (Fsp3) is 0.600. The van der Waals surface area contributed by atoms with E-state index in [0.717, 1.165) is 0 Å². The molecule has 0 aliphatic heterocycles. The maximum Gasteiger partial charge on any atom is 0.0834 e. The molecule has 70 valence electrons. The van der Waals surface area contributed by atoms with Crippen molar-refractivity contribution in [1.82, 2.24) is 0 Å². The highest BCUT2D eigenvalue weighted by Gasteiger charge is 2.15. The standard InChI is InChI=1S/C10H18O2/c1-8(10(4,5)12)6-7-9(2,3)11/h6-7,11-12H,1H2,2-5H3/b7-6-. The van der Waals surface area contributed by atoms with E-state index in [9.17, 15) is 10.2 Å². The fourth-order valence-corrected chi connectivity index (χ4v) is 0.508. The Kier molecular flexibility index (Phi) is 3.25. The average molecular weight is 170 g/mol. The van der Waals surface area contributed by atoms with E-state index < -0.39 is 11.2 Å². The first-order valence-electron chi connectivity index (χ1n) is 3.96. The molecule has 0 radical (unpaired) electrons. The van der Waals surface area contributed by atoms with Gasteiger partial charge in [-0.1, -0.05) is 18.7 Å². The Labute approximate surface area is 74.2 Å². The van der Waals surface area contributed by atoms with Crippen molar-refractivity contribution in [3.05, 3.63) is 24.3 Å². The molecule has 0 aromatic heterocycles. The van der Waals surface area contributed by atoms with Crippen molar-refractivity contribution in [2.75, 3.05) is 0 Å². The quantitative estimate of drug-likeness (QED) is 0.632. The topological polar surface area (TPSA) is 40.5 Å². The first kappa shape index (κ1) is 11.4.